The lowest BCUT2D eigenvalue weighted by atomic mass is 10.0. The zero-order valence-electron chi connectivity index (χ0n) is 19.9. The molecule has 4 aromatic rings. The number of carbonyl (C=O) groups is 1. The first kappa shape index (κ1) is 25.1. The third kappa shape index (κ3) is 5.79. The number of furan rings is 1. The number of aryl methyl sites for hydroxylation is 1. The van der Waals surface area contributed by atoms with E-state index in [2.05, 4.69) is 4.72 Å². The van der Waals surface area contributed by atoms with E-state index >= 15 is 0 Å². The molecule has 2 atom stereocenters. The predicted octanol–water partition coefficient (Wildman–Crippen LogP) is 4.69. The van der Waals surface area contributed by atoms with Gasteiger partial charge in [-0.1, -0.05) is 78.4 Å². The Balaban J connectivity index is 1.85. The van der Waals surface area contributed by atoms with Gasteiger partial charge in [0.05, 0.1) is 24.0 Å². The van der Waals surface area contributed by atoms with Crippen LogP contribution in [0.1, 0.15) is 28.5 Å². The summed E-state index contributed by atoms with van der Waals surface area (Å²) in [4.78, 5) is 18.0. The van der Waals surface area contributed by atoms with Gasteiger partial charge in [0.2, 0.25) is 10.0 Å². The number of benzene rings is 3. The smallest absolute Gasteiger partial charge is 0.332 e. The first-order valence-electron chi connectivity index (χ1n) is 11.3. The summed E-state index contributed by atoms with van der Waals surface area (Å²) in [5.74, 6) is -0.488. The van der Waals surface area contributed by atoms with Gasteiger partial charge in [-0.2, -0.15) is 4.72 Å². The highest BCUT2D eigenvalue weighted by Crippen LogP contribution is 2.26. The van der Waals surface area contributed by atoms with Gasteiger partial charge in [-0.05, 0) is 31.2 Å². The molecule has 0 fully saturated rings. The second-order valence-corrected chi connectivity index (χ2v) is 9.82. The third-order valence-electron chi connectivity index (χ3n) is 5.58. The first-order valence-corrected chi connectivity index (χ1v) is 12.8. The Morgan fingerprint density at radius 3 is 1.94 bits per heavy atom. The van der Waals surface area contributed by atoms with E-state index in [1.54, 1.807) is 24.3 Å². The van der Waals surface area contributed by atoms with Crippen molar-refractivity contribution in [2.45, 2.75) is 23.9 Å². The van der Waals surface area contributed by atoms with Crippen LogP contribution >= 0.6 is 0 Å². The van der Waals surface area contributed by atoms with Crippen molar-refractivity contribution in [1.82, 2.24) is 4.72 Å². The minimum absolute atomic E-state index is 0.0589. The van der Waals surface area contributed by atoms with Crippen molar-refractivity contribution >= 4 is 21.7 Å². The maximum absolute atomic E-state index is 13.3. The van der Waals surface area contributed by atoms with Crippen LogP contribution in [0.3, 0.4) is 0 Å². The average molecular weight is 503 g/mol. The molecular weight excluding hydrogens is 476 g/mol. The van der Waals surface area contributed by atoms with Crippen LogP contribution in [0.5, 0.6) is 0 Å². The predicted molar refractivity (Wildman–Crippen MR) is 137 cm³/mol. The molecule has 0 amide bonds. The fraction of sp³-hybridized carbons (Fsp3) is 0.143. The van der Waals surface area contributed by atoms with Gasteiger partial charge < -0.3 is 9.15 Å². The highest BCUT2D eigenvalue weighted by Gasteiger charge is 2.36. The topological polar surface area (TPSA) is 98.0 Å². The summed E-state index contributed by atoms with van der Waals surface area (Å²) in [6, 6.07) is 25.9. The quantitative estimate of drug-likeness (QED) is 0.265. The Morgan fingerprint density at radius 2 is 1.44 bits per heavy atom. The van der Waals surface area contributed by atoms with Crippen LogP contribution in [-0.4, -0.2) is 33.3 Å². The largest absolute Gasteiger partial charge is 0.468 e. The first-order chi connectivity index (χ1) is 17.4. The fourth-order valence-corrected chi connectivity index (χ4v) is 4.94. The summed E-state index contributed by atoms with van der Waals surface area (Å²) < 4.78 is 39.9. The van der Waals surface area contributed by atoms with Gasteiger partial charge in [-0.3, -0.25) is 4.99 Å². The lowest BCUT2D eigenvalue weighted by Gasteiger charge is -2.23. The van der Waals surface area contributed by atoms with Crippen LogP contribution in [0.25, 0.3) is 0 Å². The van der Waals surface area contributed by atoms with Crippen molar-refractivity contribution < 1.29 is 22.4 Å². The molecule has 36 heavy (non-hydrogen) atoms. The van der Waals surface area contributed by atoms with Gasteiger partial charge in [0, 0.05) is 11.1 Å². The highest BCUT2D eigenvalue weighted by atomic mass is 32.2. The summed E-state index contributed by atoms with van der Waals surface area (Å²) in [7, 11) is -2.80. The monoisotopic (exact) mass is 502 g/mol. The number of ether oxygens (including phenoxy) is 1. The molecule has 7 nitrogen and oxygen atoms in total. The van der Waals surface area contributed by atoms with E-state index in [9.17, 15) is 13.2 Å². The Labute approximate surface area is 210 Å². The molecule has 1 aromatic heterocycles. The van der Waals surface area contributed by atoms with Crippen LogP contribution in [0, 0.1) is 6.92 Å². The molecule has 0 aliphatic carbocycles. The molecule has 0 radical (unpaired) electrons. The lowest BCUT2D eigenvalue weighted by Crippen LogP contribution is -2.40. The van der Waals surface area contributed by atoms with E-state index < -0.39 is 28.1 Å². The van der Waals surface area contributed by atoms with E-state index in [-0.39, 0.29) is 10.7 Å². The number of rotatable bonds is 9. The molecule has 0 unspecified atom stereocenters. The molecular formula is C28H26N2O5S. The second kappa shape index (κ2) is 11.2. The van der Waals surface area contributed by atoms with Crippen LogP contribution in [0.2, 0.25) is 0 Å². The van der Waals surface area contributed by atoms with Gasteiger partial charge >= 0.3 is 5.97 Å². The van der Waals surface area contributed by atoms with E-state index in [0.717, 1.165) is 16.7 Å². The molecule has 0 saturated carbocycles. The van der Waals surface area contributed by atoms with Crippen molar-refractivity contribution in [3.8, 4) is 0 Å². The van der Waals surface area contributed by atoms with Crippen molar-refractivity contribution in [3.63, 3.8) is 0 Å². The van der Waals surface area contributed by atoms with Gasteiger partial charge in [0.1, 0.15) is 11.8 Å². The van der Waals surface area contributed by atoms with Crippen LogP contribution in [0.4, 0.5) is 0 Å². The fourth-order valence-electron chi connectivity index (χ4n) is 3.73. The van der Waals surface area contributed by atoms with Crippen LogP contribution in [0.15, 0.2) is 118 Å². The number of hydrogen-bond donors (Lipinski definition) is 1. The molecule has 4 rings (SSSR count). The molecule has 0 spiro atoms. The normalized spacial score (nSPS) is 12.9. The van der Waals surface area contributed by atoms with Crippen LogP contribution < -0.4 is 4.72 Å². The number of hydrogen-bond acceptors (Lipinski definition) is 6. The lowest BCUT2D eigenvalue weighted by molar-refractivity contribution is -0.142. The standard InChI is InChI=1S/C28H26N2O5S/c1-20-15-17-23(18-16-20)36(32,33)30-26(24-14-9-19-35-24)27(28(31)34-2)29-25(21-10-5-3-6-11-21)22-12-7-4-8-13-22/h3-19,26-27,30H,1-2H3/t26-,27-/m0/s1. The van der Waals surface area contributed by atoms with E-state index in [1.165, 1.54) is 25.5 Å². The SMILES string of the molecule is COC(=O)[C@@H](N=C(c1ccccc1)c1ccccc1)[C@@H](NS(=O)(=O)c1ccc(C)cc1)c1ccco1. The molecule has 1 N–H and O–H groups in total. The van der Waals surface area contributed by atoms with Crippen molar-refractivity contribution in [3.05, 3.63) is 126 Å². The van der Waals surface area contributed by atoms with Crippen molar-refractivity contribution in [2.75, 3.05) is 7.11 Å². The summed E-state index contributed by atoms with van der Waals surface area (Å²) in [6.07, 6.45) is 1.41. The Kier molecular flexibility index (Phi) is 7.77. The molecule has 184 valence electrons. The Bertz CT molecular complexity index is 1380. The van der Waals surface area contributed by atoms with Gasteiger partial charge in [0.15, 0.2) is 6.04 Å². The second-order valence-electron chi connectivity index (χ2n) is 8.11. The number of nitrogens with one attached hydrogen (secondary N) is 1. The van der Waals surface area contributed by atoms with Crippen molar-refractivity contribution in [1.29, 1.82) is 0 Å². The van der Waals surface area contributed by atoms with Crippen molar-refractivity contribution in [2.24, 2.45) is 4.99 Å². The van der Waals surface area contributed by atoms with E-state index in [4.69, 9.17) is 14.1 Å². The Hall–Kier alpha value is -4.01. The molecule has 0 aliphatic heterocycles. The minimum Gasteiger partial charge on any atom is -0.468 e. The van der Waals surface area contributed by atoms with Gasteiger partial charge in [-0.15, -0.1) is 0 Å². The number of esters is 1. The van der Waals surface area contributed by atoms with E-state index in [0.29, 0.717) is 5.71 Å². The van der Waals surface area contributed by atoms with Gasteiger partial charge in [0.25, 0.3) is 0 Å². The molecule has 3 aromatic carbocycles. The number of methoxy groups -OCH3 is 1. The maximum Gasteiger partial charge on any atom is 0.332 e. The summed E-state index contributed by atoms with van der Waals surface area (Å²) in [5, 5.41) is 0. The minimum atomic E-state index is -4.04. The number of aliphatic imine (C=N–C) groups is 1. The number of nitrogens with zero attached hydrogens (tertiary/aromatic N) is 1. The zero-order chi connectivity index (χ0) is 25.5. The third-order valence-corrected chi connectivity index (χ3v) is 7.04. The molecule has 0 aliphatic rings. The molecule has 1 heterocycles. The number of sulfonamides is 1. The number of carbonyl (C=O) groups excluding carboxylic acids is 1. The van der Waals surface area contributed by atoms with Crippen LogP contribution in [-0.2, 0) is 19.6 Å². The van der Waals surface area contributed by atoms with E-state index in [1.807, 2.05) is 67.6 Å². The molecule has 0 bridgehead atoms. The summed E-state index contributed by atoms with van der Waals surface area (Å²) in [5.41, 5.74) is 2.95. The molecule has 0 saturated heterocycles. The average Bonchev–Trinajstić information content (AvgIpc) is 3.44. The van der Waals surface area contributed by atoms with Gasteiger partial charge in [-0.25, -0.2) is 13.2 Å². The maximum atomic E-state index is 13.3. The summed E-state index contributed by atoms with van der Waals surface area (Å²) in [6.45, 7) is 1.87. The summed E-state index contributed by atoms with van der Waals surface area (Å²) >= 11 is 0. The Morgan fingerprint density at radius 1 is 0.861 bits per heavy atom. The highest BCUT2D eigenvalue weighted by molar-refractivity contribution is 7.89. The molecule has 8 heteroatoms. The zero-order valence-corrected chi connectivity index (χ0v) is 20.7.